The van der Waals surface area contributed by atoms with Crippen LogP contribution in [0.1, 0.15) is 12.8 Å². The Morgan fingerprint density at radius 1 is 1.14 bits per heavy atom. The number of nitrogens with two attached hydrogens (primary N) is 1. The molecule has 116 valence electrons. The molecule has 0 amide bonds. The number of anilines is 2. The standard InChI is InChI=1S/C17H18ClFN2O/c18-14-11-12(20)5-6-17(14)22-13-7-9-21(10-8-13)16-4-2-1-3-15(16)19/h1-6,11,13H,7-10,20H2. The fourth-order valence-electron chi connectivity index (χ4n) is 2.71. The van der Waals surface area contributed by atoms with E-state index >= 15 is 0 Å². The van der Waals surface area contributed by atoms with Gasteiger partial charge in [-0.1, -0.05) is 23.7 Å². The summed E-state index contributed by atoms with van der Waals surface area (Å²) in [7, 11) is 0. The highest BCUT2D eigenvalue weighted by atomic mass is 35.5. The van der Waals surface area contributed by atoms with Crippen molar-refractivity contribution in [3.63, 3.8) is 0 Å². The van der Waals surface area contributed by atoms with E-state index in [2.05, 4.69) is 4.90 Å². The molecule has 1 saturated heterocycles. The van der Waals surface area contributed by atoms with Crippen LogP contribution in [0.2, 0.25) is 5.02 Å². The molecule has 0 aromatic heterocycles. The third kappa shape index (κ3) is 3.28. The van der Waals surface area contributed by atoms with Crippen molar-refractivity contribution in [2.75, 3.05) is 23.7 Å². The first-order valence-electron chi connectivity index (χ1n) is 7.34. The molecule has 1 fully saturated rings. The van der Waals surface area contributed by atoms with Crippen molar-refractivity contribution in [3.8, 4) is 5.75 Å². The lowest BCUT2D eigenvalue weighted by Crippen LogP contribution is -2.38. The van der Waals surface area contributed by atoms with Gasteiger partial charge in [-0.3, -0.25) is 0 Å². The van der Waals surface area contributed by atoms with Gasteiger partial charge in [0.15, 0.2) is 0 Å². The zero-order valence-electron chi connectivity index (χ0n) is 12.1. The van der Waals surface area contributed by atoms with Crippen LogP contribution >= 0.6 is 11.6 Å². The molecular formula is C17H18ClFN2O. The van der Waals surface area contributed by atoms with Gasteiger partial charge in [-0.05, 0) is 30.3 Å². The lowest BCUT2D eigenvalue weighted by Gasteiger charge is -2.34. The second-order valence-electron chi connectivity index (χ2n) is 5.45. The number of piperidine rings is 1. The Bertz CT molecular complexity index is 657. The van der Waals surface area contributed by atoms with E-state index < -0.39 is 0 Å². The Kier molecular flexibility index (Phi) is 4.39. The maximum absolute atomic E-state index is 13.8. The molecule has 5 heteroatoms. The third-order valence-electron chi connectivity index (χ3n) is 3.88. The van der Waals surface area contributed by atoms with Crippen molar-refractivity contribution in [2.45, 2.75) is 18.9 Å². The first kappa shape index (κ1) is 15.0. The predicted molar refractivity (Wildman–Crippen MR) is 88.1 cm³/mol. The van der Waals surface area contributed by atoms with Gasteiger partial charge in [0.2, 0.25) is 0 Å². The molecule has 22 heavy (non-hydrogen) atoms. The number of rotatable bonds is 3. The van der Waals surface area contributed by atoms with Gasteiger partial charge < -0.3 is 15.4 Å². The summed E-state index contributed by atoms with van der Waals surface area (Å²) in [6.45, 7) is 1.52. The van der Waals surface area contributed by atoms with Crippen LogP contribution in [0.15, 0.2) is 42.5 Å². The van der Waals surface area contributed by atoms with Gasteiger partial charge in [0, 0.05) is 31.6 Å². The summed E-state index contributed by atoms with van der Waals surface area (Å²) in [6, 6.07) is 12.1. The minimum atomic E-state index is -0.177. The van der Waals surface area contributed by atoms with Crippen molar-refractivity contribution in [1.82, 2.24) is 0 Å². The van der Waals surface area contributed by atoms with Crippen LogP contribution in [-0.4, -0.2) is 19.2 Å². The summed E-state index contributed by atoms with van der Waals surface area (Å²) in [5, 5.41) is 0.525. The number of benzene rings is 2. The highest BCUT2D eigenvalue weighted by molar-refractivity contribution is 6.32. The highest BCUT2D eigenvalue weighted by Crippen LogP contribution is 2.30. The molecule has 1 aliphatic heterocycles. The lowest BCUT2D eigenvalue weighted by molar-refractivity contribution is 0.171. The molecule has 2 aromatic carbocycles. The van der Waals surface area contributed by atoms with E-state index in [1.807, 2.05) is 12.1 Å². The van der Waals surface area contributed by atoms with Crippen LogP contribution in [0.3, 0.4) is 0 Å². The molecule has 0 saturated carbocycles. The molecule has 0 spiro atoms. The van der Waals surface area contributed by atoms with E-state index in [0.29, 0.717) is 22.1 Å². The number of hydrogen-bond acceptors (Lipinski definition) is 3. The Morgan fingerprint density at radius 2 is 1.86 bits per heavy atom. The number of halogens is 2. The summed E-state index contributed by atoms with van der Waals surface area (Å²) >= 11 is 6.13. The van der Waals surface area contributed by atoms with Crippen LogP contribution in [0.5, 0.6) is 5.75 Å². The maximum Gasteiger partial charge on any atom is 0.146 e. The monoisotopic (exact) mass is 320 g/mol. The van der Waals surface area contributed by atoms with Crippen molar-refractivity contribution < 1.29 is 9.13 Å². The fourth-order valence-corrected chi connectivity index (χ4v) is 2.95. The molecule has 0 atom stereocenters. The van der Waals surface area contributed by atoms with Crippen LogP contribution in [-0.2, 0) is 0 Å². The molecule has 3 nitrogen and oxygen atoms in total. The average Bonchev–Trinajstić information content (AvgIpc) is 2.51. The minimum absolute atomic E-state index is 0.0872. The lowest BCUT2D eigenvalue weighted by atomic mass is 10.1. The SMILES string of the molecule is Nc1ccc(OC2CCN(c3ccccc3F)CC2)c(Cl)c1. The molecule has 0 unspecified atom stereocenters. The van der Waals surface area contributed by atoms with E-state index in [0.717, 1.165) is 25.9 Å². The molecule has 2 N–H and O–H groups in total. The topological polar surface area (TPSA) is 38.5 Å². The number of nitrogens with zero attached hydrogens (tertiary/aromatic N) is 1. The first-order chi connectivity index (χ1) is 10.6. The largest absolute Gasteiger partial charge is 0.489 e. The molecule has 0 aliphatic carbocycles. The van der Waals surface area contributed by atoms with Crippen molar-refractivity contribution in [3.05, 3.63) is 53.3 Å². The molecule has 0 bridgehead atoms. The number of nitrogen functional groups attached to an aromatic ring is 1. The van der Waals surface area contributed by atoms with Crippen LogP contribution in [0, 0.1) is 5.82 Å². The Morgan fingerprint density at radius 3 is 2.55 bits per heavy atom. The van der Waals surface area contributed by atoms with Crippen molar-refractivity contribution in [1.29, 1.82) is 0 Å². The normalized spacial score (nSPS) is 15.8. The Balaban J connectivity index is 1.61. The van der Waals surface area contributed by atoms with E-state index in [1.54, 1.807) is 24.3 Å². The zero-order chi connectivity index (χ0) is 15.5. The maximum atomic E-state index is 13.8. The molecular weight excluding hydrogens is 303 g/mol. The molecule has 2 aromatic rings. The van der Waals surface area contributed by atoms with Crippen LogP contribution in [0.4, 0.5) is 15.8 Å². The van der Waals surface area contributed by atoms with E-state index in [1.165, 1.54) is 6.07 Å². The van der Waals surface area contributed by atoms with Gasteiger partial charge in [0.05, 0.1) is 10.7 Å². The molecule has 1 heterocycles. The van der Waals surface area contributed by atoms with Gasteiger partial charge in [0.25, 0.3) is 0 Å². The highest BCUT2D eigenvalue weighted by Gasteiger charge is 2.22. The summed E-state index contributed by atoms with van der Waals surface area (Å²) in [5.74, 6) is 0.476. The van der Waals surface area contributed by atoms with Gasteiger partial charge in [0.1, 0.15) is 17.7 Å². The van der Waals surface area contributed by atoms with E-state index in [9.17, 15) is 4.39 Å². The van der Waals surface area contributed by atoms with Crippen LogP contribution in [0.25, 0.3) is 0 Å². The number of para-hydroxylation sites is 1. The second-order valence-corrected chi connectivity index (χ2v) is 5.85. The number of hydrogen-bond donors (Lipinski definition) is 1. The third-order valence-corrected chi connectivity index (χ3v) is 4.18. The minimum Gasteiger partial charge on any atom is -0.489 e. The van der Waals surface area contributed by atoms with E-state index in [4.69, 9.17) is 22.1 Å². The van der Waals surface area contributed by atoms with Crippen LogP contribution < -0.4 is 15.4 Å². The fraction of sp³-hybridized carbons (Fsp3) is 0.294. The van der Waals surface area contributed by atoms with Gasteiger partial charge in [-0.2, -0.15) is 0 Å². The second kappa shape index (κ2) is 6.44. The Labute approximate surface area is 134 Å². The first-order valence-corrected chi connectivity index (χ1v) is 7.72. The quantitative estimate of drug-likeness (QED) is 0.865. The molecule has 3 rings (SSSR count). The molecule has 1 aliphatic rings. The average molecular weight is 321 g/mol. The number of ether oxygens (including phenoxy) is 1. The van der Waals surface area contributed by atoms with Gasteiger partial charge >= 0.3 is 0 Å². The predicted octanol–water partition coefficient (Wildman–Crippen LogP) is 4.11. The van der Waals surface area contributed by atoms with Crippen molar-refractivity contribution >= 4 is 23.0 Å². The van der Waals surface area contributed by atoms with E-state index in [-0.39, 0.29) is 11.9 Å². The Hall–Kier alpha value is -1.94. The van der Waals surface area contributed by atoms with Gasteiger partial charge in [-0.25, -0.2) is 4.39 Å². The van der Waals surface area contributed by atoms with Gasteiger partial charge in [-0.15, -0.1) is 0 Å². The summed E-state index contributed by atoms with van der Waals surface area (Å²) in [5.41, 5.74) is 6.95. The zero-order valence-corrected chi connectivity index (χ0v) is 12.9. The summed E-state index contributed by atoms with van der Waals surface area (Å²) < 4.78 is 19.8. The van der Waals surface area contributed by atoms with Crippen molar-refractivity contribution in [2.24, 2.45) is 0 Å². The molecule has 0 radical (unpaired) electrons. The summed E-state index contributed by atoms with van der Waals surface area (Å²) in [6.07, 6.45) is 1.74. The summed E-state index contributed by atoms with van der Waals surface area (Å²) in [4.78, 5) is 2.06. The smallest absolute Gasteiger partial charge is 0.146 e.